The number of ether oxygens (including phenoxy) is 2. The minimum atomic E-state index is -0.347. The first-order valence-electron chi connectivity index (χ1n) is 11.5. The lowest BCUT2D eigenvalue weighted by molar-refractivity contribution is 0.414. The molecule has 2 aromatic heterocycles. The summed E-state index contributed by atoms with van der Waals surface area (Å²) in [5, 5.41) is 23.7. The monoisotopic (exact) mass is 492 g/mol. The first kappa shape index (κ1) is 23.6. The van der Waals surface area contributed by atoms with Crippen molar-refractivity contribution in [3.63, 3.8) is 0 Å². The summed E-state index contributed by atoms with van der Waals surface area (Å²) in [4.78, 5) is 11.3. The van der Waals surface area contributed by atoms with Crippen LogP contribution in [0.4, 0.5) is 5.82 Å². The molecule has 1 N–H and O–H groups in total. The quantitative estimate of drug-likeness (QED) is 0.335. The molecule has 2 heterocycles. The molecule has 5 aromatic rings. The van der Waals surface area contributed by atoms with Crippen LogP contribution >= 0.6 is 0 Å². The molecule has 0 saturated heterocycles. The molecule has 0 saturated carbocycles. The normalized spacial score (nSPS) is 10.7. The van der Waals surface area contributed by atoms with Crippen LogP contribution in [0, 0.1) is 11.3 Å². The third-order valence-corrected chi connectivity index (χ3v) is 5.94. The van der Waals surface area contributed by atoms with E-state index in [0.717, 1.165) is 28.2 Å². The molecule has 0 unspecified atom stereocenters. The molecule has 0 fully saturated rings. The van der Waals surface area contributed by atoms with Gasteiger partial charge in [-0.3, -0.25) is 0 Å². The van der Waals surface area contributed by atoms with Gasteiger partial charge < -0.3 is 19.5 Å². The lowest BCUT2D eigenvalue weighted by atomic mass is 10.1. The lowest BCUT2D eigenvalue weighted by Crippen LogP contribution is -2.24. The average molecular weight is 493 g/mol. The van der Waals surface area contributed by atoms with Crippen LogP contribution in [0.25, 0.3) is 16.9 Å². The summed E-state index contributed by atoms with van der Waals surface area (Å²) in [6, 6.07) is 24.7. The Morgan fingerprint density at radius 3 is 2.08 bits per heavy atom. The van der Waals surface area contributed by atoms with E-state index in [1.54, 1.807) is 32.5 Å². The number of nitriles is 1. The van der Waals surface area contributed by atoms with Crippen molar-refractivity contribution in [2.75, 3.05) is 19.1 Å². The van der Waals surface area contributed by atoms with Gasteiger partial charge >= 0.3 is 6.01 Å². The van der Waals surface area contributed by atoms with E-state index in [-0.39, 0.29) is 6.01 Å². The summed E-state index contributed by atoms with van der Waals surface area (Å²) in [5.41, 5.74) is 4.37. The van der Waals surface area contributed by atoms with Crippen molar-refractivity contribution in [3.8, 4) is 34.8 Å². The highest BCUT2D eigenvalue weighted by Crippen LogP contribution is 2.29. The SMILES string of the molecule is COc1ccc(CN(Cc2ccc(OC)cc2)c2nc(-c3cccc(C#N)c3)cn3nc(O)nc23)cc1. The molecular weight excluding hydrogens is 468 g/mol. The Hall–Kier alpha value is -5.10. The second kappa shape index (κ2) is 10.3. The second-order valence-electron chi connectivity index (χ2n) is 8.37. The fraction of sp³-hybridized carbons (Fsp3) is 0.143. The van der Waals surface area contributed by atoms with Gasteiger partial charge in [-0.25, -0.2) is 9.50 Å². The number of fused-ring (bicyclic) bond motifs is 1. The third-order valence-electron chi connectivity index (χ3n) is 5.94. The number of hydrogen-bond acceptors (Lipinski definition) is 8. The van der Waals surface area contributed by atoms with Crippen LogP contribution in [-0.2, 0) is 13.1 Å². The van der Waals surface area contributed by atoms with Crippen LogP contribution in [0.2, 0.25) is 0 Å². The maximum Gasteiger partial charge on any atom is 0.333 e. The molecule has 0 radical (unpaired) electrons. The van der Waals surface area contributed by atoms with Gasteiger partial charge in [-0.05, 0) is 47.5 Å². The highest BCUT2D eigenvalue weighted by Gasteiger charge is 2.20. The lowest BCUT2D eigenvalue weighted by Gasteiger charge is -2.25. The first-order chi connectivity index (χ1) is 18.1. The maximum absolute atomic E-state index is 10.1. The Bertz CT molecular complexity index is 1520. The number of rotatable bonds is 8. The third kappa shape index (κ3) is 5.13. The van der Waals surface area contributed by atoms with Gasteiger partial charge in [0.05, 0.1) is 37.7 Å². The van der Waals surface area contributed by atoms with Gasteiger partial charge in [0.15, 0.2) is 5.82 Å². The molecule has 0 bridgehead atoms. The van der Waals surface area contributed by atoms with Gasteiger partial charge in [-0.1, -0.05) is 36.4 Å². The molecule has 5 rings (SSSR count). The molecule has 0 amide bonds. The molecule has 0 aliphatic rings. The Morgan fingerprint density at radius 2 is 1.51 bits per heavy atom. The summed E-state index contributed by atoms with van der Waals surface area (Å²) in [6.07, 6.45) is 1.70. The number of anilines is 1. The zero-order valence-electron chi connectivity index (χ0n) is 20.4. The molecule has 9 heteroatoms. The predicted octanol–water partition coefficient (Wildman–Crippen LogP) is 4.59. The van der Waals surface area contributed by atoms with E-state index in [1.165, 1.54) is 4.52 Å². The van der Waals surface area contributed by atoms with E-state index in [4.69, 9.17) is 14.5 Å². The van der Waals surface area contributed by atoms with E-state index in [9.17, 15) is 10.4 Å². The molecule has 37 heavy (non-hydrogen) atoms. The van der Waals surface area contributed by atoms with E-state index >= 15 is 0 Å². The van der Waals surface area contributed by atoms with Crippen LogP contribution in [0.15, 0.2) is 79.0 Å². The Morgan fingerprint density at radius 1 is 0.892 bits per heavy atom. The van der Waals surface area contributed by atoms with Gasteiger partial charge in [0.1, 0.15) is 11.5 Å². The largest absolute Gasteiger partial charge is 0.497 e. The van der Waals surface area contributed by atoms with Crippen molar-refractivity contribution in [2.24, 2.45) is 0 Å². The molecule has 184 valence electrons. The van der Waals surface area contributed by atoms with E-state index in [1.807, 2.05) is 60.7 Å². The Balaban J connectivity index is 1.63. The number of hydrogen-bond donors (Lipinski definition) is 1. The standard InChI is InChI=1S/C28H24N6O3/c1-36-23-10-6-19(7-11-23)16-33(17-20-8-12-24(37-2)13-9-20)26-27-31-28(35)32-34(27)18-25(30-26)22-5-3-4-21(14-22)15-29/h3-14,18H,16-17H2,1-2H3,(H,32,35). The summed E-state index contributed by atoms with van der Waals surface area (Å²) in [7, 11) is 3.27. The summed E-state index contributed by atoms with van der Waals surface area (Å²) >= 11 is 0. The van der Waals surface area contributed by atoms with Crippen LogP contribution in [0.3, 0.4) is 0 Å². The van der Waals surface area contributed by atoms with Crippen molar-refractivity contribution < 1.29 is 14.6 Å². The predicted molar refractivity (Wildman–Crippen MR) is 138 cm³/mol. The molecule has 0 spiro atoms. The second-order valence-corrected chi connectivity index (χ2v) is 8.37. The fourth-order valence-electron chi connectivity index (χ4n) is 4.07. The molecule has 0 aliphatic carbocycles. The molecule has 3 aromatic carbocycles. The number of aromatic hydroxyl groups is 1. The van der Waals surface area contributed by atoms with Crippen LogP contribution in [0.1, 0.15) is 16.7 Å². The van der Waals surface area contributed by atoms with Crippen molar-refractivity contribution in [2.45, 2.75) is 13.1 Å². The number of aromatic nitrogens is 4. The average Bonchev–Trinajstić information content (AvgIpc) is 3.33. The Labute approximate surface area is 213 Å². The first-order valence-corrected chi connectivity index (χ1v) is 11.5. The van der Waals surface area contributed by atoms with Gasteiger partial charge in [0, 0.05) is 18.7 Å². The highest BCUT2D eigenvalue weighted by atomic mass is 16.5. The molecular formula is C28H24N6O3. The number of benzene rings is 3. The van der Waals surface area contributed by atoms with Gasteiger partial charge in [0.25, 0.3) is 0 Å². The summed E-state index contributed by atoms with van der Waals surface area (Å²) in [6.45, 7) is 1.02. The summed E-state index contributed by atoms with van der Waals surface area (Å²) in [5.74, 6) is 2.08. The van der Waals surface area contributed by atoms with Crippen LogP contribution in [0.5, 0.6) is 17.5 Å². The molecule has 0 aliphatic heterocycles. The maximum atomic E-state index is 10.1. The summed E-state index contributed by atoms with van der Waals surface area (Å²) < 4.78 is 12.1. The zero-order valence-corrected chi connectivity index (χ0v) is 20.4. The van der Waals surface area contributed by atoms with Crippen molar-refractivity contribution in [3.05, 3.63) is 95.7 Å². The van der Waals surface area contributed by atoms with Gasteiger partial charge in [-0.15, -0.1) is 5.10 Å². The van der Waals surface area contributed by atoms with Crippen LogP contribution < -0.4 is 14.4 Å². The van der Waals surface area contributed by atoms with Crippen molar-refractivity contribution in [1.29, 1.82) is 5.26 Å². The number of methoxy groups -OCH3 is 2. The number of nitrogens with zero attached hydrogens (tertiary/aromatic N) is 6. The fourth-order valence-corrected chi connectivity index (χ4v) is 4.07. The molecule has 0 atom stereocenters. The van der Waals surface area contributed by atoms with E-state index < -0.39 is 0 Å². The minimum Gasteiger partial charge on any atom is -0.497 e. The highest BCUT2D eigenvalue weighted by molar-refractivity contribution is 5.71. The Kier molecular flexibility index (Phi) is 6.55. The van der Waals surface area contributed by atoms with E-state index in [2.05, 4.69) is 21.1 Å². The van der Waals surface area contributed by atoms with Gasteiger partial charge in [0.2, 0.25) is 5.65 Å². The van der Waals surface area contributed by atoms with Crippen molar-refractivity contribution >= 4 is 11.5 Å². The van der Waals surface area contributed by atoms with E-state index in [0.29, 0.717) is 35.8 Å². The van der Waals surface area contributed by atoms with Gasteiger partial charge in [-0.2, -0.15) is 10.2 Å². The topological polar surface area (TPSA) is 109 Å². The van der Waals surface area contributed by atoms with Crippen LogP contribution in [-0.4, -0.2) is 38.9 Å². The molecule has 9 nitrogen and oxygen atoms in total. The zero-order chi connectivity index (χ0) is 25.8. The minimum absolute atomic E-state index is 0.347. The smallest absolute Gasteiger partial charge is 0.333 e. The van der Waals surface area contributed by atoms with Crippen molar-refractivity contribution in [1.82, 2.24) is 19.6 Å².